The van der Waals surface area contributed by atoms with Gasteiger partial charge in [0.05, 0.1) is 0 Å². The third-order valence-corrected chi connectivity index (χ3v) is 4.59. The highest BCUT2D eigenvalue weighted by molar-refractivity contribution is 5.98. The van der Waals surface area contributed by atoms with Crippen LogP contribution in [0.1, 0.15) is 43.0 Å². The molecule has 0 radical (unpaired) electrons. The van der Waals surface area contributed by atoms with E-state index in [0.29, 0.717) is 17.4 Å². The van der Waals surface area contributed by atoms with E-state index in [2.05, 4.69) is 17.5 Å². The quantitative estimate of drug-likeness (QED) is 0.677. The highest BCUT2D eigenvalue weighted by Gasteiger charge is 2.52. The minimum Gasteiger partial charge on any atom is -0.326 e. The number of Topliss-reactive ketones (excluding diaryl/α,β-unsaturated/α-hetero) is 1. The van der Waals surface area contributed by atoms with Gasteiger partial charge >= 0.3 is 0 Å². The molecular formula is C18H21NO2. The van der Waals surface area contributed by atoms with Crippen LogP contribution in [0.4, 0.5) is 5.69 Å². The van der Waals surface area contributed by atoms with Crippen molar-refractivity contribution >= 4 is 17.4 Å². The minimum atomic E-state index is 0.0158. The summed E-state index contributed by atoms with van der Waals surface area (Å²) < 4.78 is 0. The highest BCUT2D eigenvalue weighted by Crippen LogP contribution is 2.51. The first kappa shape index (κ1) is 14.1. The van der Waals surface area contributed by atoms with E-state index in [1.54, 1.807) is 12.1 Å². The number of fused-ring (bicyclic) bond motifs is 1. The van der Waals surface area contributed by atoms with Crippen molar-refractivity contribution in [2.24, 2.45) is 17.8 Å². The second-order valence-corrected chi connectivity index (χ2v) is 6.11. The number of anilines is 1. The maximum Gasteiger partial charge on any atom is 0.228 e. The molecule has 2 aliphatic carbocycles. The lowest BCUT2D eigenvalue weighted by molar-refractivity contribution is -0.117. The second-order valence-electron chi connectivity index (χ2n) is 6.11. The van der Waals surface area contributed by atoms with Crippen LogP contribution in [-0.2, 0) is 4.79 Å². The van der Waals surface area contributed by atoms with E-state index in [9.17, 15) is 9.59 Å². The number of rotatable bonds is 3. The highest BCUT2D eigenvalue weighted by atomic mass is 16.2. The van der Waals surface area contributed by atoms with Crippen LogP contribution in [0.5, 0.6) is 0 Å². The zero-order valence-electron chi connectivity index (χ0n) is 12.3. The molecule has 1 fully saturated rings. The van der Waals surface area contributed by atoms with Crippen molar-refractivity contribution in [2.75, 3.05) is 5.32 Å². The molecule has 0 aliphatic heterocycles. The maximum absolute atomic E-state index is 12.4. The average molecular weight is 283 g/mol. The summed E-state index contributed by atoms with van der Waals surface area (Å²) in [6.45, 7) is 1.54. The summed E-state index contributed by atoms with van der Waals surface area (Å²) in [6.07, 6.45) is 9.18. The predicted octanol–water partition coefficient (Wildman–Crippen LogP) is 3.82. The van der Waals surface area contributed by atoms with E-state index in [-0.39, 0.29) is 17.6 Å². The summed E-state index contributed by atoms with van der Waals surface area (Å²) >= 11 is 0. The van der Waals surface area contributed by atoms with Crippen molar-refractivity contribution in [3.8, 4) is 0 Å². The van der Waals surface area contributed by atoms with Crippen molar-refractivity contribution in [3.05, 3.63) is 42.0 Å². The molecule has 0 spiro atoms. The third-order valence-electron chi connectivity index (χ3n) is 4.59. The first-order chi connectivity index (χ1) is 10.2. The van der Waals surface area contributed by atoms with Crippen molar-refractivity contribution in [2.45, 2.75) is 32.6 Å². The average Bonchev–Trinajstić information content (AvgIpc) is 3.10. The van der Waals surface area contributed by atoms with Crippen LogP contribution < -0.4 is 5.32 Å². The summed E-state index contributed by atoms with van der Waals surface area (Å²) in [5.41, 5.74) is 1.35. The van der Waals surface area contributed by atoms with Crippen LogP contribution in [0, 0.1) is 17.8 Å². The Labute approximate surface area is 125 Å². The van der Waals surface area contributed by atoms with Crippen LogP contribution >= 0.6 is 0 Å². The molecule has 0 unspecified atom stereocenters. The van der Waals surface area contributed by atoms with Gasteiger partial charge in [-0.1, -0.05) is 30.7 Å². The lowest BCUT2D eigenvalue weighted by Gasteiger charge is -2.06. The fourth-order valence-corrected chi connectivity index (χ4v) is 3.34. The van der Waals surface area contributed by atoms with E-state index < -0.39 is 0 Å². The number of nitrogens with one attached hydrogen (secondary N) is 1. The van der Waals surface area contributed by atoms with Gasteiger partial charge < -0.3 is 5.32 Å². The molecular weight excluding hydrogens is 262 g/mol. The van der Waals surface area contributed by atoms with Crippen LogP contribution in [0.3, 0.4) is 0 Å². The van der Waals surface area contributed by atoms with Gasteiger partial charge in [0.15, 0.2) is 5.78 Å². The number of allylic oxidation sites excluding steroid dienone is 2. The number of amides is 1. The molecule has 1 N–H and O–H groups in total. The lowest BCUT2D eigenvalue weighted by Crippen LogP contribution is -2.15. The molecule has 0 aromatic heterocycles. The second kappa shape index (κ2) is 5.84. The lowest BCUT2D eigenvalue weighted by atomic mass is 10.1. The summed E-state index contributed by atoms with van der Waals surface area (Å²) in [4.78, 5) is 23.8. The smallest absolute Gasteiger partial charge is 0.228 e. The number of ketones is 1. The van der Waals surface area contributed by atoms with Gasteiger partial charge in [0, 0.05) is 17.2 Å². The van der Waals surface area contributed by atoms with E-state index >= 15 is 0 Å². The fourth-order valence-electron chi connectivity index (χ4n) is 3.34. The molecule has 0 saturated heterocycles. The molecule has 3 heteroatoms. The normalized spacial score (nSPS) is 27.2. The summed E-state index contributed by atoms with van der Waals surface area (Å²) in [7, 11) is 0. The monoisotopic (exact) mass is 283 g/mol. The number of hydrogen-bond donors (Lipinski definition) is 1. The number of hydrogen-bond acceptors (Lipinski definition) is 2. The van der Waals surface area contributed by atoms with Crippen LogP contribution in [0.15, 0.2) is 36.4 Å². The topological polar surface area (TPSA) is 46.2 Å². The van der Waals surface area contributed by atoms with Crippen LogP contribution in [-0.4, -0.2) is 11.7 Å². The van der Waals surface area contributed by atoms with Crippen molar-refractivity contribution in [1.29, 1.82) is 0 Å². The number of carbonyl (C=O) groups is 2. The number of carbonyl (C=O) groups excluding carboxylic acids is 2. The third kappa shape index (κ3) is 3.07. The van der Waals surface area contributed by atoms with Crippen molar-refractivity contribution < 1.29 is 9.59 Å². The Balaban J connectivity index is 1.67. The van der Waals surface area contributed by atoms with Gasteiger partial charge in [-0.05, 0) is 50.2 Å². The largest absolute Gasteiger partial charge is 0.326 e. The molecule has 3 rings (SSSR count). The van der Waals surface area contributed by atoms with Crippen molar-refractivity contribution in [1.82, 2.24) is 0 Å². The zero-order chi connectivity index (χ0) is 14.8. The molecule has 1 saturated carbocycles. The molecule has 3 atom stereocenters. The molecule has 1 aromatic rings. The Hall–Kier alpha value is -1.90. The fraction of sp³-hybridized carbons (Fsp3) is 0.444. The van der Waals surface area contributed by atoms with Gasteiger partial charge in [-0.25, -0.2) is 0 Å². The Morgan fingerprint density at radius 2 is 2.10 bits per heavy atom. The van der Waals surface area contributed by atoms with Crippen molar-refractivity contribution in [3.63, 3.8) is 0 Å². The Morgan fingerprint density at radius 1 is 1.24 bits per heavy atom. The maximum atomic E-state index is 12.4. The Kier molecular flexibility index (Phi) is 3.91. The summed E-state index contributed by atoms with van der Waals surface area (Å²) in [6, 6.07) is 7.17. The predicted molar refractivity (Wildman–Crippen MR) is 83.2 cm³/mol. The molecule has 110 valence electrons. The molecule has 1 aromatic carbocycles. The van der Waals surface area contributed by atoms with E-state index in [0.717, 1.165) is 18.5 Å². The SMILES string of the molecule is CC(=O)c1cccc(NC(=O)[C@@H]2[C@H]3C=CCCCC[C@H]32)c1. The standard InChI is InChI=1S/C18H21NO2/c1-12(20)13-7-6-8-14(11-13)19-18(21)17-15-9-4-2-3-5-10-16(15)17/h4,6-9,11,15-17H,2-3,5,10H2,1H3,(H,19,21)/t15-,16+,17+/m0/s1. The van der Waals surface area contributed by atoms with Gasteiger partial charge in [-0.15, -0.1) is 0 Å². The first-order valence-corrected chi connectivity index (χ1v) is 7.75. The molecule has 3 nitrogen and oxygen atoms in total. The van der Waals surface area contributed by atoms with Gasteiger partial charge in [0.1, 0.15) is 0 Å². The zero-order valence-corrected chi connectivity index (χ0v) is 12.3. The van der Waals surface area contributed by atoms with Gasteiger partial charge in [0.2, 0.25) is 5.91 Å². The molecule has 0 heterocycles. The number of benzene rings is 1. The van der Waals surface area contributed by atoms with E-state index in [4.69, 9.17) is 0 Å². The van der Waals surface area contributed by atoms with E-state index in [1.165, 1.54) is 19.8 Å². The Morgan fingerprint density at radius 3 is 2.90 bits per heavy atom. The summed E-state index contributed by atoms with van der Waals surface area (Å²) in [5.74, 6) is 1.15. The van der Waals surface area contributed by atoms with E-state index in [1.807, 2.05) is 12.1 Å². The first-order valence-electron chi connectivity index (χ1n) is 7.75. The summed E-state index contributed by atoms with van der Waals surface area (Å²) in [5, 5.41) is 2.97. The minimum absolute atomic E-state index is 0.0158. The molecule has 2 aliphatic rings. The molecule has 1 amide bonds. The van der Waals surface area contributed by atoms with Gasteiger partial charge in [-0.2, -0.15) is 0 Å². The van der Waals surface area contributed by atoms with Crippen LogP contribution in [0.2, 0.25) is 0 Å². The van der Waals surface area contributed by atoms with Crippen LogP contribution in [0.25, 0.3) is 0 Å². The Bertz CT molecular complexity index is 591. The van der Waals surface area contributed by atoms with Gasteiger partial charge in [0.25, 0.3) is 0 Å². The molecule has 0 bridgehead atoms. The van der Waals surface area contributed by atoms with Gasteiger partial charge in [-0.3, -0.25) is 9.59 Å². The molecule has 21 heavy (non-hydrogen) atoms.